The molecule has 28 heteroatoms. The van der Waals surface area contributed by atoms with Crippen LogP contribution in [0.1, 0.15) is 116 Å². The molecule has 1 aliphatic carbocycles. The van der Waals surface area contributed by atoms with Gasteiger partial charge in [0.25, 0.3) is 0 Å². The van der Waals surface area contributed by atoms with Crippen LogP contribution in [0.3, 0.4) is 0 Å². The van der Waals surface area contributed by atoms with E-state index in [9.17, 15) is 63.3 Å². The molecular formula is C59H89N15O13. The Balaban J connectivity index is 1.25. The summed E-state index contributed by atoms with van der Waals surface area (Å²) in [6.45, 7) is 5.56. The molecule has 1 aromatic heterocycles. The zero-order chi connectivity index (χ0) is 63.9. The van der Waals surface area contributed by atoms with Gasteiger partial charge in [-0.2, -0.15) is 0 Å². The largest absolute Gasteiger partial charge is 0.508 e. The monoisotopic (exact) mass is 1220 g/mol. The van der Waals surface area contributed by atoms with E-state index in [2.05, 4.69) is 52.5 Å². The van der Waals surface area contributed by atoms with Crippen LogP contribution in [-0.2, 0) is 56.0 Å². The number of fused-ring (bicyclic) bond motifs is 1. The number of H-pyrrole nitrogens is 1. The highest BCUT2D eigenvalue weighted by Crippen LogP contribution is 2.28. The topological polar surface area (TPSA) is 463 Å². The number of aliphatic hydroxyl groups is 2. The van der Waals surface area contributed by atoms with Gasteiger partial charge in [0, 0.05) is 75.4 Å². The molecule has 10 atom stereocenters. The van der Waals surface area contributed by atoms with E-state index >= 15 is 0 Å². The molecule has 28 nitrogen and oxygen atoms in total. The number of para-hydroxylation sites is 1. The number of phenolic OH excluding ortho intramolecular Hbond substituents is 1. The first-order valence-electron chi connectivity index (χ1n) is 29.7. The van der Waals surface area contributed by atoms with E-state index in [4.69, 9.17) is 22.9 Å². The fourth-order valence-electron chi connectivity index (χ4n) is 11.1. The Morgan fingerprint density at radius 3 is 2.02 bits per heavy atom. The molecule has 1 aliphatic heterocycles. The molecule has 0 spiro atoms. The maximum absolute atomic E-state index is 14.2. The lowest BCUT2D eigenvalue weighted by Gasteiger charge is -2.31. The lowest BCUT2D eigenvalue weighted by Crippen LogP contribution is -2.62. The van der Waals surface area contributed by atoms with E-state index in [-0.39, 0.29) is 88.1 Å². The van der Waals surface area contributed by atoms with Crippen molar-refractivity contribution in [3.63, 3.8) is 0 Å². The van der Waals surface area contributed by atoms with Gasteiger partial charge >= 0.3 is 6.03 Å². The zero-order valence-electron chi connectivity index (χ0n) is 50.0. The number of urea groups is 1. The Hall–Kier alpha value is -8.53. The number of nitrogens with one attached hydrogen (secondary N) is 9. The molecule has 11 amide bonds. The molecule has 1 saturated heterocycles. The summed E-state index contributed by atoms with van der Waals surface area (Å²) in [6.07, 6.45) is 4.66. The molecule has 2 aliphatic rings. The van der Waals surface area contributed by atoms with Crippen LogP contribution in [-0.4, -0.2) is 171 Å². The first kappa shape index (κ1) is 69.2. The van der Waals surface area contributed by atoms with Gasteiger partial charge < -0.3 is 90.7 Å². The predicted octanol–water partition coefficient (Wildman–Crippen LogP) is -1.33. The summed E-state index contributed by atoms with van der Waals surface area (Å²) in [5.41, 5.74) is 24.4. The Kier molecular flexibility index (Phi) is 27.0. The van der Waals surface area contributed by atoms with Gasteiger partial charge in [0.2, 0.25) is 53.2 Å². The Bertz CT molecular complexity index is 2870. The molecule has 87 heavy (non-hydrogen) atoms. The van der Waals surface area contributed by atoms with Crippen LogP contribution in [0, 0.1) is 17.8 Å². The molecular weight excluding hydrogens is 1130 g/mol. The van der Waals surface area contributed by atoms with Crippen molar-refractivity contribution in [1.29, 1.82) is 0 Å². The van der Waals surface area contributed by atoms with Crippen LogP contribution < -0.4 is 65.5 Å². The first-order chi connectivity index (χ1) is 41.3. The van der Waals surface area contributed by atoms with Gasteiger partial charge in [-0.05, 0) is 86.6 Å². The van der Waals surface area contributed by atoms with Gasteiger partial charge in [0.15, 0.2) is 5.96 Å². The lowest BCUT2D eigenvalue weighted by molar-refractivity contribution is -0.142. The second-order valence-corrected chi connectivity index (χ2v) is 23.2. The third kappa shape index (κ3) is 22.4. The van der Waals surface area contributed by atoms with Crippen molar-refractivity contribution in [2.24, 2.45) is 45.7 Å². The van der Waals surface area contributed by atoms with Crippen molar-refractivity contribution in [2.75, 3.05) is 26.2 Å². The third-order valence-corrected chi connectivity index (χ3v) is 15.5. The summed E-state index contributed by atoms with van der Waals surface area (Å²) in [6, 6.07) is 2.85. The maximum Gasteiger partial charge on any atom is 0.312 e. The minimum atomic E-state index is -1.73. The summed E-state index contributed by atoms with van der Waals surface area (Å²) in [7, 11) is 0. The number of hydrogen-bond donors (Lipinski definition) is 16. The van der Waals surface area contributed by atoms with E-state index in [1.807, 2.05) is 38.1 Å². The number of carbonyl (C=O) groups excluding carboxylic acids is 10. The Labute approximate surface area is 505 Å². The van der Waals surface area contributed by atoms with Crippen molar-refractivity contribution in [3.05, 3.63) is 65.9 Å². The van der Waals surface area contributed by atoms with Crippen LogP contribution in [0.5, 0.6) is 5.75 Å². The molecule has 2 heterocycles. The molecule has 1 saturated carbocycles. The number of nitrogens with zero attached hydrogens (tertiary/aromatic N) is 2. The van der Waals surface area contributed by atoms with Crippen LogP contribution in [0.2, 0.25) is 0 Å². The fourth-order valence-corrected chi connectivity index (χ4v) is 11.1. The third-order valence-electron chi connectivity index (χ3n) is 15.5. The van der Waals surface area contributed by atoms with Gasteiger partial charge in [-0.1, -0.05) is 76.3 Å². The number of aromatic hydroxyl groups is 1. The number of aromatic amines is 1. The highest BCUT2D eigenvalue weighted by atomic mass is 16.3. The van der Waals surface area contributed by atoms with Crippen LogP contribution in [0.25, 0.3) is 10.9 Å². The number of guanidine groups is 1. The van der Waals surface area contributed by atoms with Gasteiger partial charge in [0.05, 0.1) is 12.2 Å². The molecule has 3 aromatic rings. The number of aliphatic hydroxyl groups excluding tert-OH is 2. The molecule has 0 bridgehead atoms. The van der Waals surface area contributed by atoms with E-state index in [1.165, 1.54) is 26.0 Å². The number of rotatable bonds is 33. The van der Waals surface area contributed by atoms with E-state index in [0.29, 0.717) is 18.4 Å². The van der Waals surface area contributed by atoms with Gasteiger partial charge in [-0.15, -0.1) is 0 Å². The number of benzene rings is 2. The molecule has 2 fully saturated rings. The van der Waals surface area contributed by atoms with E-state index in [0.717, 1.165) is 53.5 Å². The number of β-amino-alcohol motifs (C(OH)–C–C–N with tert-alkyl or cyclic N) is 1. The minimum absolute atomic E-state index is 0.0297. The van der Waals surface area contributed by atoms with E-state index < -0.39 is 126 Å². The van der Waals surface area contributed by atoms with Gasteiger partial charge in [-0.3, -0.25) is 48.1 Å². The fraction of sp³-hybridized carbons (Fsp3) is 0.576. The smallest absolute Gasteiger partial charge is 0.312 e. The van der Waals surface area contributed by atoms with Gasteiger partial charge in [0.1, 0.15) is 48.0 Å². The number of aliphatic imine (C=N–C) groups is 1. The van der Waals surface area contributed by atoms with Crippen molar-refractivity contribution in [3.8, 4) is 5.75 Å². The summed E-state index contributed by atoms with van der Waals surface area (Å²) in [4.78, 5) is 144. The number of likely N-dealkylation sites (tertiary alicyclic amines) is 1. The quantitative estimate of drug-likeness (QED) is 0.0191. The second kappa shape index (κ2) is 34.0. The van der Waals surface area contributed by atoms with Crippen LogP contribution in [0.4, 0.5) is 4.79 Å². The summed E-state index contributed by atoms with van der Waals surface area (Å²) in [5.74, 6) is -7.45. The van der Waals surface area contributed by atoms with Crippen LogP contribution >= 0.6 is 0 Å². The summed E-state index contributed by atoms with van der Waals surface area (Å²) in [5, 5.41) is 53.3. The summed E-state index contributed by atoms with van der Waals surface area (Å²) >= 11 is 0. The van der Waals surface area contributed by atoms with Crippen molar-refractivity contribution >= 4 is 76.1 Å². The normalized spacial score (nSPS) is 17.9. The minimum Gasteiger partial charge on any atom is -0.508 e. The van der Waals surface area contributed by atoms with Crippen LogP contribution in [0.15, 0.2) is 59.7 Å². The first-order valence-corrected chi connectivity index (χ1v) is 29.7. The van der Waals surface area contributed by atoms with Crippen molar-refractivity contribution in [2.45, 2.75) is 172 Å². The average molecular weight is 1220 g/mol. The van der Waals surface area contributed by atoms with E-state index in [1.54, 1.807) is 18.3 Å². The standard InChI is InChI=1S/C59H89N15O13/c1-32(2)24-37(51(80)69-43(17-11-23-65-58(61)62)53(82)70-44(50(60)79)27-38-29-66-42-16-9-8-15-41(38)42)14-10-22-64-52(81)45(25-35-12-6-5-7-13-35)71-56(85)49(33(3)75)73-54(83)47(30-67-59(63)87)72-55(84)48-28-40(78)31-74(48)57(86)46(68-34(4)76)26-36-18-20-39(77)21-19-36/h8-9,15-16,18-21,29,32-33,35,37,40,43-49,66,75,77-78H,5-7,10-14,17,22-28,30-31H2,1-4H3,(H2,60,79)(H,64,81)(H,68,76)(H,69,80)(H,70,82)(H,71,85)(H,72,84)(H,73,83)(H4,61,62,65)(H3,63,67,87)/t33-,37+,40-,43+,44+,45+,46-,47+,48+,49+/m1/s1. The predicted molar refractivity (Wildman–Crippen MR) is 322 cm³/mol. The molecule has 5 rings (SSSR count). The maximum atomic E-state index is 14.2. The summed E-state index contributed by atoms with van der Waals surface area (Å²) < 4.78 is 0. The molecule has 2 aromatic carbocycles. The lowest BCUT2D eigenvalue weighted by atomic mass is 9.84. The second-order valence-electron chi connectivity index (χ2n) is 23.2. The number of nitrogens with two attached hydrogens (primary N) is 4. The highest BCUT2D eigenvalue weighted by Gasteiger charge is 2.43. The SMILES string of the molecule is CC(=O)N[C@H](Cc1ccc(O)cc1)C(=O)N1C[C@H](O)C[C@H]1C(=O)N[C@@H](CNC(N)=O)C(=O)N[C@H](C(=O)N[C@@H](CC1CCCCC1)C(=O)NCCC[C@@H](CC(C)C)C(=O)N[C@@H](CCCN=C(N)N)C(=O)N[C@@H](Cc1c[nH]c2ccccc12)C(N)=O)[C@@H](C)O. The number of phenols is 1. The number of amides is 11. The number of primary amides is 2. The average Bonchev–Trinajstić information content (AvgIpc) is 2.14. The van der Waals surface area contributed by atoms with Crippen molar-refractivity contribution < 1.29 is 63.3 Å². The zero-order valence-corrected chi connectivity index (χ0v) is 50.0. The Morgan fingerprint density at radius 2 is 1.38 bits per heavy atom. The Morgan fingerprint density at radius 1 is 0.713 bits per heavy atom. The number of hydrogen-bond acceptors (Lipinski definition) is 14. The molecule has 478 valence electrons. The highest BCUT2D eigenvalue weighted by molar-refractivity contribution is 5.98. The molecule has 20 N–H and O–H groups in total. The molecule has 0 unspecified atom stereocenters. The molecule has 0 radical (unpaired) electrons. The number of carbonyl (C=O) groups is 10. The van der Waals surface area contributed by atoms with Gasteiger partial charge in [-0.25, -0.2) is 4.79 Å². The van der Waals surface area contributed by atoms with Crippen molar-refractivity contribution in [1.82, 2.24) is 52.4 Å². The number of aromatic nitrogens is 1.